The summed E-state index contributed by atoms with van der Waals surface area (Å²) in [7, 11) is 0. The molecule has 1 atom stereocenters. The Morgan fingerprint density at radius 2 is 1.97 bits per heavy atom. The molecule has 1 saturated carbocycles. The summed E-state index contributed by atoms with van der Waals surface area (Å²) >= 11 is 4.45. The Hall–Kier alpha value is -2.87. The first-order valence-corrected chi connectivity index (χ1v) is 13.8. The number of aromatic carboxylic acids is 1. The average molecular weight is 526 g/mol. The number of amides is 1. The first-order chi connectivity index (χ1) is 17.8. The Morgan fingerprint density at radius 1 is 1.22 bits per heavy atom. The van der Waals surface area contributed by atoms with Crippen molar-refractivity contribution in [2.45, 2.75) is 71.9 Å². The largest absolute Gasteiger partial charge is 0.478 e. The van der Waals surface area contributed by atoms with Crippen LogP contribution in [-0.2, 0) is 24.3 Å². The smallest absolute Gasteiger partial charge is 0.338 e. The molecule has 2 aromatic carbocycles. The topological polar surface area (TPSA) is 84.2 Å². The summed E-state index contributed by atoms with van der Waals surface area (Å²) in [5.41, 5.74) is 4.13. The molecule has 37 heavy (non-hydrogen) atoms. The van der Waals surface area contributed by atoms with Crippen LogP contribution in [0.1, 0.15) is 78.3 Å². The van der Waals surface area contributed by atoms with Gasteiger partial charge in [0.05, 0.1) is 16.6 Å². The van der Waals surface area contributed by atoms with Crippen molar-refractivity contribution in [1.82, 2.24) is 14.9 Å². The van der Waals surface area contributed by atoms with Gasteiger partial charge in [-0.1, -0.05) is 44.7 Å². The second kappa shape index (κ2) is 12.1. The Bertz CT molecular complexity index is 1280. The number of rotatable bonds is 11. The number of imidazole rings is 1. The molecule has 3 aromatic rings. The van der Waals surface area contributed by atoms with Gasteiger partial charge in [-0.05, 0) is 60.6 Å². The van der Waals surface area contributed by atoms with Crippen LogP contribution in [0.15, 0.2) is 30.3 Å². The molecule has 1 amide bonds. The van der Waals surface area contributed by atoms with Crippen molar-refractivity contribution in [3.63, 3.8) is 0 Å². The van der Waals surface area contributed by atoms with Gasteiger partial charge in [0.2, 0.25) is 5.91 Å². The number of hydrogen-bond donors (Lipinski definition) is 3. The highest BCUT2D eigenvalue weighted by atomic mass is 32.1. The van der Waals surface area contributed by atoms with Crippen molar-refractivity contribution in [1.29, 1.82) is 0 Å². The minimum atomic E-state index is -1.28. The molecule has 1 aromatic heterocycles. The van der Waals surface area contributed by atoms with Crippen LogP contribution >= 0.6 is 12.6 Å². The summed E-state index contributed by atoms with van der Waals surface area (Å²) < 4.78 is 16.4. The third-order valence-electron chi connectivity index (χ3n) is 7.41. The molecule has 0 spiro atoms. The van der Waals surface area contributed by atoms with E-state index in [2.05, 4.69) is 35.5 Å². The number of carboxylic acid groups (broad SMARTS) is 1. The van der Waals surface area contributed by atoms with Crippen LogP contribution in [-0.4, -0.2) is 32.3 Å². The molecule has 4 rings (SSSR count). The van der Waals surface area contributed by atoms with Crippen LogP contribution in [0.5, 0.6) is 0 Å². The summed E-state index contributed by atoms with van der Waals surface area (Å²) in [6, 6.07) is 8.34. The van der Waals surface area contributed by atoms with E-state index in [4.69, 9.17) is 10.1 Å². The van der Waals surface area contributed by atoms with E-state index >= 15 is 0 Å². The van der Waals surface area contributed by atoms with Gasteiger partial charge in [0.1, 0.15) is 11.6 Å². The number of benzene rings is 2. The van der Waals surface area contributed by atoms with Crippen LogP contribution in [0, 0.1) is 24.6 Å². The molecule has 6 nitrogen and oxygen atoms in total. The number of carbonyl (C=O) groups is 2. The van der Waals surface area contributed by atoms with Crippen LogP contribution in [0.4, 0.5) is 4.39 Å². The van der Waals surface area contributed by atoms with E-state index < -0.39 is 11.8 Å². The molecule has 8 heteroatoms. The second-order valence-corrected chi connectivity index (χ2v) is 10.6. The van der Waals surface area contributed by atoms with Gasteiger partial charge in [0.25, 0.3) is 0 Å². The van der Waals surface area contributed by atoms with Gasteiger partial charge in [0, 0.05) is 31.2 Å². The molecule has 0 saturated heterocycles. The van der Waals surface area contributed by atoms with Gasteiger partial charge >= 0.3 is 5.97 Å². The van der Waals surface area contributed by atoms with Crippen molar-refractivity contribution in [3.8, 4) is 0 Å². The number of aromatic nitrogens is 2. The van der Waals surface area contributed by atoms with Gasteiger partial charge in [-0.2, -0.15) is 12.6 Å². The fourth-order valence-electron chi connectivity index (χ4n) is 5.47. The lowest BCUT2D eigenvalue weighted by molar-refractivity contribution is -0.125. The summed E-state index contributed by atoms with van der Waals surface area (Å²) in [4.78, 5) is 29.0. The zero-order chi connectivity index (χ0) is 26.5. The minimum Gasteiger partial charge on any atom is -0.478 e. The van der Waals surface area contributed by atoms with Gasteiger partial charge < -0.3 is 15.0 Å². The van der Waals surface area contributed by atoms with Gasteiger partial charge in [-0.3, -0.25) is 4.79 Å². The van der Waals surface area contributed by atoms with E-state index in [-0.39, 0.29) is 17.4 Å². The highest BCUT2D eigenvalue weighted by Crippen LogP contribution is 2.31. The average Bonchev–Trinajstić information content (AvgIpc) is 3.50. The van der Waals surface area contributed by atoms with Gasteiger partial charge in [0.15, 0.2) is 0 Å². The summed E-state index contributed by atoms with van der Waals surface area (Å²) in [6.45, 7) is 4.89. The summed E-state index contributed by atoms with van der Waals surface area (Å²) in [6.07, 6.45) is 7.51. The molecular formula is C29H36FN3O3S. The molecule has 0 bridgehead atoms. The number of hydrogen-bond acceptors (Lipinski definition) is 4. The maximum absolute atomic E-state index is 14.4. The molecule has 1 aliphatic rings. The van der Waals surface area contributed by atoms with Crippen molar-refractivity contribution in [3.05, 3.63) is 64.2 Å². The lowest BCUT2D eigenvalue weighted by Gasteiger charge is -2.18. The summed E-state index contributed by atoms with van der Waals surface area (Å²) in [5.74, 6) is 0.0101. The quantitative estimate of drug-likeness (QED) is 0.271. The minimum absolute atomic E-state index is 0.0498. The van der Waals surface area contributed by atoms with E-state index in [0.29, 0.717) is 30.3 Å². The Balaban J connectivity index is 1.57. The van der Waals surface area contributed by atoms with E-state index in [1.165, 1.54) is 37.8 Å². The number of aryl methyl sites for hydroxylation is 2. The van der Waals surface area contributed by atoms with E-state index in [9.17, 15) is 14.0 Å². The SMILES string of the molecule is CCCc1nc2c(C)cc(CNC(=O)C(CS)CC3CCCC3)cc2n1Cc1ccc(C(=O)O)c(F)c1. The molecule has 0 radical (unpaired) electrons. The summed E-state index contributed by atoms with van der Waals surface area (Å²) in [5, 5.41) is 12.3. The number of fused-ring (bicyclic) bond motifs is 1. The third kappa shape index (κ3) is 6.35. The van der Waals surface area contributed by atoms with E-state index in [0.717, 1.165) is 47.2 Å². The molecule has 2 N–H and O–H groups in total. The number of halogens is 1. The molecular weight excluding hydrogens is 489 g/mol. The van der Waals surface area contributed by atoms with Gasteiger partial charge in [-0.25, -0.2) is 14.2 Å². The molecule has 0 aliphatic heterocycles. The number of thiol groups is 1. The number of nitrogens with zero attached hydrogens (tertiary/aromatic N) is 2. The van der Waals surface area contributed by atoms with Crippen LogP contribution in [0.3, 0.4) is 0 Å². The van der Waals surface area contributed by atoms with Crippen LogP contribution in [0.25, 0.3) is 11.0 Å². The maximum Gasteiger partial charge on any atom is 0.338 e. The van der Waals surface area contributed by atoms with Crippen LogP contribution < -0.4 is 5.32 Å². The highest BCUT2D eigenvalue weighted by Gasteiger charge is 2.24. The molecule has 198 valence electrons. The molecule has 1 heterocycles. The zero-order valence-electron chi connectivity index (χ0n) is 21.6. The number of carboxylic acids is 1. The third-order valence-corrected chi connectivity index (χ3v) is 7.85. The second-order valence-electron chi connectivity index (χ2n) is 10.2. The zero-order valence-corrected chi connectivity index (χ0v) is 22.5. The Kier molecular flexibility index (Phi) is 8.90. The van der Waals surface area contributed by atoms with Crippen molar-refractivity contribution in [2.24, 2.45) is 11.8 Å². The molecule has 1 unspecified atom stereocenters. The van der Waals surface area contributed by atoms with E-state index in [1.807, 2.05) is 13.0 Å². The fraction of sp³-hybridized carbons (Fsp3) is 0.483. The first-order valence-electron chi connectivity index (χ1n) is 13.2. The van der Waals surface area contributed by atoms with Crippen molar-refractivity contribution < 1.29 is 19.1 Å². The van der Waals surface area contributed by atoms with E-state index in [1.54, 1.807) is 6.07 Å². The normalized spacial score (nSPS) is 14.8. The number of nitrogens with one attached hydrogen (secondary N) is 1. The van der Waals surface area contributed by atoms with Crippen molar-refractivity contribution in [2.75, 3.05) is 5.75 Å². The monoisotopic (exact) mass is 525 g/mol. The predicted molar refractivity (Wildman–Crippen MR) is 147 cm³/mol. The maximum atomic E-state index is 14.4. The predicted octanol–water partition coefficient (Wildman–Crippen LogP) is 5.93. The highest BCUT2D eigenvalue weighted by molar-refractivity contribution is 7.80. The lowest BCUT2D eigenvalue weighted by atomic mass is 9.94. The number of carbonyl (C=O) groups excluding carboxylic acids is 1. The standard InChI is InChI=1S/C29H36FN3O3S/c1-3-6-26-32-27-18(2)11-21(15-31-28(34)22(17-37)12-19-7-4-5-8-19)14-25(27)33(26)16-20-9-10-23(29(35)36)24(30)13-20/h9-11,13-14,19,22,37H,3-8,12,15-17H2,1-2H3,(H,31,34)(H,35,36). The van der Waals surface area contributed by atoms with Crippen molar-refractivity contribution >= 4 is 35.5 Å². The van der Waals surface area contributed by atoms with Gasteiger partial charge in [-0.15, -0.1) is 0 Å². The lowest BCUT2D eigenvalue weighted by Crippen LogP contribution is -2.32. The van der Waals surface area contributed by atoms with Crippen LogP contribution in [0.2, 0.25) is 0 Å². The molecule has 1 aliphatic carbocycles. The first kappa shape index (κ1) is 27.2. The Morgan fingerprint density at radius 3 is 2.62 bits per heavy atom. The fourth-order valence-corrected chi connectivity index (χ4v) is 5.78. The molecule has 1 fully saturated rings. The Labute approximate surface area is 223 Å².